The van der Waals surface area contributed by atoms with Crippen LogP contribution in [0.25, 0.3) is 16.9 Å². The van der Waals surface area contributed by atoms with E-state index in [-0.39, 0.29) is 5.82 Å². The van der Waals surface area contributed by atoms with Gasteiger partial charge >= 0.3 is 0 Å². The van der Waals surface area contributed by atoms with Gasteiger partial charge in [-0.1, -0.05) is 6.07 Å². The lowest BCUT2D eigenvalue weighted by molar-refractivity contribution is 0.625. The summed E-state index contributed by atoms with van der Waals surface area (Å²) in [4.78, 5) is 12.8. The van der Waals surface area contributed by atoms with Crippen LogP contribution in [0.5, 0.6) is 0 Å². The van der Waals surface area contributed by atoms with E-state index in [1.807, 2.05) is 24.4 Å². The molecule has 3 heterocycles. The molecule has 7 heteroatoms. The summed E-state index contributed by atoms with van der Waals surface area (Å²) in [5, 5.41) is 7.44. The third-order valence-corrected chi connectivity index (χ3v) is 3.77. The first kappa shape index (κ1) is 15.9. The molecule has 128 valence electrons. The molecule has 3 aromatic heterocycles. The van der Waals surface area contributed by atoms with Gasteiger partial charge in [0.25, 0.3) is 0 Å². The van der Waals surface area contributed by atoms with E-state index in [1.165, 1.54) is 12.1 Å². The molecule has 0 unspecified atom stereocenters. The molecule has 1 aromatic carbocycles. The summed E-state index contributed by atoms with van der Waals surface area (Å²) in [6.07, 6.45) is 8.75. The van der Waals surface area contributed by atoms with Crippen LogP contribution in [0.1, 0.15) is 5.56 Å². The van der Waals surface area contributed by atoms with E-state index in [2.05, 4.69) is 25.4 Å². The van der Waals surface area contributed by atoms with Crippen molar-refractivity contribution in [1.29, 1.82) is 0 Å². The Morgan fingerprint density at radius 2 is 2.00 bits per heavy atom. The molecule has 0 spiro atoms. The average molecular weight is 346 g/mol. The van der Waals surface area contributed by atoms with Crippen molar-refractivity contribution in [3.63, 3.8) is 0 Å². The minimum atomic E-state index is -0.293. The highest BCUT2D eigenvalue weighted by atomic mass is 19.1. The number of rotatable bonds is 5. The SMILES string of the molecule is Fc1cccc(-n2cc(CNc3nccc(-c4cccnc4)n3)cn2)c1. The van der Waals surface area contributed by atoms with Gasteiger partial charge in [-0.15, -0.1) is 0 Å². The molecule has 4 aromatic rings. The number of hydrogen-bond acceptors (Lipinski definition) is 5. The minimum absolute atomic E-state index is 0.293. The molecular formula is C19H15FN6. The second kappa shape index (κ2) is 7.10. The van der Waals surface area contributed by atoms with E-state index in [1.54, 1.807) is 41.6 Å². The van der Waals surface area contributed by atoms with Gasteiger partial charge in [0.1, 0.15) is 5.82 Å². The number of aromatic nitrogens is 5. The van der Waals surface area contributed by atoms with Crippen LogP contribution in [-0.2, 0) is 6.54 Å². The number of pyridine rings is 1. The standard InChI is InChI=1S/C19H15FN6/c20-16-4-1-5-17(9-16)26-13-14(11-24-26)10-23-19-22-8-6-18(25-19)15-3-2-7-21-12-15/h1-9,11-13H,10H2,(H,22,23,25). The zero-order chi connectivity index (χ0) is 17.8. The molecule has 0 fully saturated rings. The summed E-state index contributed by atoms with van der Waals surface area (Å²) in [6, 6.07) is 11.9. The lowest BCUT2D eigenvalue weighted by Gasteiger charge is -2.05. The summed E-state index contributed by atoms with van der Waals surface area (Å²) in [7, 11) is 0. The molecule has 26 heavy (non-hydrogen) atoms. The smallest absolute Gasteiger partial charge is 0.223 e. The maximum Gasteiger partial charge on any atom is 0.223 e. The van der Waals surface area contributed by atoms with Crippen LogP contribution in [-0.4, -0.2) is 24.7 Å². The Balaban J connectivity index is 1.47. The van der Waals surface area contributed by atoms with Crippen molar-refractivity contribution in [2.75, 3.05) is 5.32 Å². The fourth-order valence-corrected chi connectivity index (χ4v) is 2.51. The average Bonchev–Trinajstić information content (AvgIpc) is 3.16. The molecule has 0 radical (unpaired) electrons. The maximum atomic E-state index is 13.3. The number of hydrogen-bond donors (Lipinski definition) is 1. The van der Waals surface area contributed by atoms with Crippen LogP contribution in [0.2, 0.25) is 0 Å². The predicted octanol–water partition coefficient (Wildman–Crippen LogP) is 3.48. The third kappa shape index (κ3) is 3.56. The van der Waals surface area contributed by atoms with Crippen molar-refractivity contribution in [2.24, 2.45) is 0 Å². The van der Waals surface area contributed by atoms with Gasteiger partial charge in [0.05, 0.1) is 17.6 Å². The monoisotopic (exact) mass is 346 g/mol. The van der Waals surface area contributed by atoms with E-state index >= 15 is 0 Å². The number of nitrogens with zero attached hydrogens (tertiary/aromatic N) is 5. The molecule has 0 aliphatic heterocycles. The maximum absolute atomic E-state index is 13.3. The lowest BCUT2D eigenvalue weighted by Crippen LogP contribution is -2.03. The Labute approximate surface area is 149 Å². The first-order chi connectivity index (χ1) is 12.8. The van der Waals surface area contributed by atoms with Gasteiger partial charge < -0.3 is 5.32 Å². The molecule has 0 aliphatic carbocycles. The molecule has 6 nitrogen and oxygen atoms in total. The molecule has 0 saturated heterocycles. The van der Waals surface area contributed by atoms with E-state index in [0.717, 1.165) is 16.8 Å². The highest BCUT2D eigenvalue weighted by Gasteiger charge is 2.05. The number of halogens is 1. The van der Waals surface area contributed by atoms with Crippen molar-refractivity contribution >= 4 is 5.95 Å². The van der Waals surface area contributed by atoms with E-state index < -0.39 is 0 Å². The molecule has 1 N–H and O–H groups in total. The van der Waals surface area contributed by atoms with Crippen LogP contribution in [0.3, 0.4) is 0 Å². The molecule has 0 aliphatic rings. The third-order valence-electron chi connectivity index (χ3n) is 3.77. The van der Waals surface area contributed by atoms with Crippen molar-refractivity contribution < 1.29 is 4.39 Å². The Morgan fingerprint density at radius 1 is 1.04 bits per heavy atom. The van der Waals surface area contributed by atoms with Gasteiger partial charge in [-0.05, 0) is 36.4 Å². The molecule has 0 bridgehead atoms. The van der Waals surface area contributed by atoms with E-state index in [9.17, 15) is 4.39 Å². The van der Waals surface area contributed by atoms with Gasteiger partial charge in [0, 0.05) is 42.5 Å². The first-order valence-corrected chi connectivity index (χ1v) is 8.05. The van der Waals surface area contributed by atoms with Gasteiger partial charge in [0.2, 0.25) is 5.95 Å². The van der Waals surface area contributed by atoms with E-state index in [0.29, 0.717) is 18.2 Å². The van der Waals surface area contributed by atoms with Gasteiger partial charge in [0.15, 0.2) is 0 Å². The van der Waals surface area contributed by atoms with Crippen LogP contribution in [0.4, 0.5) is 10.3 Å². The predicted molar refractivity (Wildman–Crippen MR) is 96.1 cm³/mol. The summed E-state index contributed by atoms with van der Waals surface area (Å²) in [5.41, 5.74) is 3.33. The quantitative estimate of drug-likeness (QED) is 0.599. The van der Waals surface area contributed by atoms with Crippen LogP contribution >= 0.6 is 0 Å². The Morgan fingerprint density at radius 3 is 2.85 bits per heavy atom. The van der Waals surface area contributed by atoms with E-state index in [4.69, 9.17) is 0 Å². The highest BCUT2D eigenvalue weighted by Crippen LogP contribution is 2.16. The van der Waals surface area contributed by atoms with Gasteiger partial charge in [-0.25, -0.2) is 19.0 Å². The highest BCUT2D eigenvalue weighted by molar-refractivity contribution is 5.58. The fraction of sp³-hybridized carbons (Fsp3) is 0.0526. The van der Waals surface area contributed by atoms with Crippen LogP contribution in [0.15, 0.2) is 73.4 Å². The minimum Gasteiger partial charge on any atom is -0.350 e. The topological polar surface area (TPSA) is 68.5 Å². The number of nitrogens with one attached hydrogen (secondary N) is 1. The largest absolute Gasteiger partial charge is 0.350 e. The second-order valence-electron chi connectivity index (χ2n) is 5.63. The Kier molecular flexibility index (Phi) is 4.34. The fourth-order valence-electron chi connectivity index (χ4n) is 2.51. The summed E-state index contributed by atoms with van der Waals surface area (Å²) in [6.45, 7) is 0.506. The Bertz CT molecular complexity index is 1020. The molecule has 4 rings (SSSR count). The molecular weight excluding hydrogens is 331 g/mol. The summed E-state index contributed by atoms with van der Waals surface area (Å²) < 4.78 is 15.0. The first-order valence-electron chi connectivity index (χ1n) is 8.05. The second-order valence-corrected chi connectivity index (χ2v) is 5.63. The van der Waals surface area contributed by atoms with Crippen LogP contribution in [0, 0.1) is 5.82 Å². The molecule has 0 atom stereocenters. The van der Waals surface area contributed by atoms with Crippen molar-refractivity contribution in [2.45, 2.75) is 6.54 Å². The number of benzene rings is 1. The van der Waals surface area contributed by atoms with Gasteiger partial charge in [-0.2, -0.15) is 5.10 Å². The normalized spacial score (nSPS) is 10.7. The van der Waals surface area contributed by atoms with Crippen molar-refractivity contribution in [3.05, 3.63) is 84.8 Å². The Hall–Kier alpha value is -3.61. The lowest BCUT2D eigenvalue weighted by atomic mass is 10.2. The van der Waals surface area contributed by atoms with Crippen molar-refractivity contribution in [3.8, 4) is 16.9 Å². The summed E-state index contributed by atoms with van der Waals surface area (Å²) in [5.74, 6) is 0.225. The van der Waals surface area contributed by atoms with Crippen molar-refractivity contribution in [1.82, 2.24) is 24.7 Å². The number of anilines is 1. The van der Waals surface area contributed by atoms with Gasteiger partial charge in [-0.3, -0.25) is 4.98 Å². The summed E-state index contributed by atoms with van der Waals surface area (Å²) >= 11 is 0. The molecule has 0 amide bonds. The van der Waals surface area contributed by atoms with Crippen LogP contribution < -0.4 is 5.32 Å². The zero-order valence-corrected chi connectivity index (χ0v) is 13.7. The molecule has 0 saturated carbocycles. The zero-order valence-electron chi connectivity index (χ0n) is 13.7.